The van der Waals surface area contributed by atoms with Gasteiger partial charge in [0.25, 0.3) is 0 Å². The molecule has 6 nitrogen and oxygen atoms in total. The van der Waals surface area contributed by atoms with Crippen LogP contribution in [0.5, 0.6) is 0 Å². The zero-order chi connectivity index (χ0) is 10.8. The second-order valence-corrected chi connectivity index (χ2v) is 2.38. The second kappa shape index (κ2) is 7.90. The van der Waals surface area contributed by atoms with Gasteiger partial charge in [-0.15, -0.1) is 0 Å². The number of ether oxygens (including phenoxy) is 2. The standard InChI is InChI=1S/C8H10O6/c9-5-13-7(11)3-1-2-4-8(12)14-6-10/h5-6H,1-4H2. The molecule has 0 atom stereocenters. The van der Waals surface area contributed by atoms with Crippen molar-refractivity contribution in [3.05, 3.63) is 0 Å². The van der Waals surface area contributed by atoms with Crippen LogP contribution in [0.1, 0.15) is 25.7 Å². The van der Waals surface area contributed by atoms with Crippen molar-refractivity contribution >= 4 is 24.9 Å². The number of rotatable bonds is 7. The summed E-state index contributed by atoms with van der Waals surface area (Å²) in [6.45, 7) is 0.117. The first kappa shape index (κ1) is 12.3. The summed E-state index contributed by atoms with van der Waals surface area (Å²) < 4.78 is 8.01. The highest BCUT2D eigenvalue weighted by Crippen LogP contribution is 2.01. The minimum atomic E-state index is -0.635. The van der Waals surface area contributed by atoms with E-state index in [0.29, 0.717) is 12.8 Å². The van der Waals surface area contributed by atoms with Crippen LogP contribution < -0.4 is 0 Å². The third-order valence-corrected chi connectivity index (χ3v) is 1.37. The van der Waals surface area contributed by atoms with E-state index in [0.717, 1.165) is 0 Å². The zero-order valence-electron chi connectivity index (χ0n) is 7.43. The van der Waals surface area contributed by atoms with Crippen molar-refractivity contribution in [1.82, 2.24) is 0 Å². The number of hydrogen-bond donors (Lipinski definition) is 0. The highest BCUT2D eigenvalue weighted by Gasteiger charge is 2.04. The predicted octanol–water partition coefficient (Wildman–Crippen LogP) is -0.0540. The van der Waals surface area contributed by atoms with Crippen LogP contribution in [0.4, 0.5) is 0 Å². The highest BCUT2D eigenvalue weighted by atomic mass is 16.6. The minimum Gasteiger partial charge on any atom is -0.395 e. The molecule has 0 rings (SSSR count). The van der Waals surface area contributed by atoms with E-state index in [2.05, 4.69) is 9.47 Å². The van der Waals surface area contributed by atoms with E-state index < -0.39 is 11.9 Å². The van der Waals surface area contributed by atoms with E-state index in [-0.39, 0.29) is 25.8 Å². The first-order valence-electron chi connectivity index (χ1n) is 3.97. The molecular weight excluding hydrogens is 192 g/mol. The third kappa shape index (κ3) is 6.96. The molecule has 0 aromatic carbocycles. The van der Waals surface area contributed by atoms with Crippen molar-refractivity contribution in [2.45, 2.75) is 25.7 Å². The minimum absolute atomic E-state index is 0.0585. The molecule has 0 aromatic rings. The summed E-state index contributed by atoms with van der Waals surface area (Å²) in [5, 5.41) is 0. The first-order valence-corrected chi connectivity index (χ1v) is 3.97. The summed E-state index contributed by atoms with van der Waals surface area (Å²) in [5.41, 5.74) is 0. The van der Waals surface area contributed by atoms with Gasteiger partial charge in [0.2, 0.25) is 0 Å². The summed E-state index contributed by atoms with van der Waals surface area (Å²) in [6.07, 6.45) is 0.932. The van der Waals surface area contributed by atoms with Gasteiger partial charge in [0.05, 0.1) is 0 Å². The van der Waals surface area contributed by atoms with E-state index in [1.54, 1.807) is 0 Å². The maximum atomic E-state index is 10.6. The number of hydrogen-bond acceptors (Lipinski definition) is 6. The molecule has 0 N–H and O–H groups in total. The Morgan fingerprint density at radius 3 is 1.50 bits per heavy atom. The van der Waals surface area contributed by atoms with Crippen molar-refractivity contribution in [3.63, 3.8) is 0 Å². The summed E-state index contributed by atoms with van der Waals surface area (Å²) in [7, 11) is 0. The molecule has 0 radical (unpaired) electrons. The summed E-state index contributed by atoms with van der Waals surface area (Å²) >= 11 is 0. The number of esters is 2. The maximum absolute atomic E-state index is 10.6. The molecule has 0 fully saturated rings. The van der Waals surface area contributed by atoms with Gasteiger partial charge in [-0.3, -0.25) is 19.2 Å². The molecule has 0 spiro atoms. The molecule has 0 unspecified atom stereocenters. The van der Waals surface area contributed by atoms with Crippen LogP contribution >= 0.6 is 0 Å². The Morgan fingerprint density at radius 2 is 1.21 bits per heavy atom. The molecule has 0 aromatic heterocycles. The molecule has 6 heteroatoms. The van der Waals surface area contributed by atoms with Gasteiger partial charge in [-0.2, -0.15) is 0 Å². The molecule has 0 amide bonds. The summed E-state index contributed by atoms with van der Waals surface area (Å²) in [4.78, 5) is 40.5. The van der Waals surface area contributed by atoms with Crippen LogP contribution in [0.2, 0.25) is 0 Å². The number of unbranched alkanes of at least 4 members (excludes halogenated alkanes) is 1. The third-order valence-electron chi connectivity index (χ3n) is 1.37. The maximum Gasteiger partial charge on any atom is 0.313 e. The average molecular weight is 202 g/mol. The Balaban J connectivity index is 3.36. The molecule has 78 valence electrons. The van der Waals surface area contributed by atoms with E-state index in [9.17, 15) is 19.2 Å². The molecule has 14 heavy (non-hydrogen) atoms. The molecule has 0 aliphatic carbocycles. The lowest BCUT2D eigenvalue weighted by Crippen LogP contribution is -2.04. The largest absolute Gasteiger partial charge is 0.395 e. The van der Waals surface area contributed by atoms with Gasteiger partial charge < -0.3 is 9.47 Å². The molecule has 0 bridgehead atoms. The fourth-order valence-electron chi connectivity index (χ4n) is 0.764. The molecule has 0 aliphatic heterocycles. The van der Waals surface area contributed by atoms with Crippen molar-refractivity contribution < 1.29 is 28.7 Å². The van der Waals surface area contributed by atoms with Gasteiger partial charge in [-0.25, -0.2) is 0 Å². The Bertz CT molecular complexity index is 198. The Hall–Kier alpha value is -1.72. The number of carbonyl (C=O) groups excluding carboxylic acids is 4. The van der Waals surface area contributed by atoms with Crippen molar-refractivity contribution in [3.8, 4) is 0 Å². The lowest BCUT2D eigenvalue weighted by Gasteiger charge is -1.97. The first-order chi connectivity index (χ1) is 6.70. The van der Waals surface area contributed by atoms with Gasteiger partial charge in [-0.1, -0.05) is 0 Å². The monoisotopic (exact) mass is 202 g/mol. The Morgan fingerprint density at radius 1 is 0.857 bits per heavy atom. The smallest absolute Gasteiger partial charge is 0.313 e. The van der Waals surface area contributed by atoms with Crippen LogP contribution in [-0.4, -0.2) is 24.9 Å². The molecule has 0 aliphatic rings. The van der Waals surface area contributed by atoms with Gasteiger partial charge >= 0.3 is 24.9 Å². The van der Waals surface area contributed by atoms with Crippen LogP contribution in [-0.2, 0) is 28.7 Å². The fraction of sp³-hybridized carbons (Fsp3) is 0.500. The number of carbonyl (C=O) groups is 4. The van der Waals surface area contributed by atoms with Crippen LogP contribution in [0.25, 0.3) is 0 Å². The SMILES string of the molecule is O=COC(=O)CCCCC(=O)OC=O. The van der Waals surface area contributed by atoms with Crippen molar-refractivity contribution in [2.24, 2.45) is 0 Å². The molecular formula is C8H10O6. The lowest BCUT2D eigenvalue weighted by atomic mass is 10.2. The van der Waals surface area contributed by atoms with Crippen LogP contribution in [0.3, 0.4) is 0 Å². The van der Waals surface area contributed by atoms with Gasteiger partial charge in [0, 0.05) is 12.8 Å². The van der Waals surface area contributed by atoms with E-state index in [4.69, 9.17) is 0 Å². The van der Waals surface area contributed by atoms with Crippen molar-refractivity contribution in [1.29, 1.82) is 0 Å². The van der Waals surface area contributed by atoms with Gasteiger partial charge in [0.15, 0.2) is 0 Å². The van der Waals surface area contributed by atoms with E-state index in [1.165, 1.54) is 0 Å². The molecule has 0 heterocycles. The normalized spacial score (nSPS) is 8.86. The van der Waals surface area contributed by atoms with E-state index in [1.807, 2.05) is 0 Å². The van der Waals surface area contributed by atoms with E-state index >= 15 is 0 Å². The topological polar surface area (TPSA) is 86.7 Å². The fourth-order valence-corrected chi connectivity index (χ4v) is 0.764. The summed E-state index contributed by atoms with van der Waals surface area (Å²) in [6, 6.07) is 0. The zero-order valence-corrected chi connectivity index (χ0v) is 7.43. The van der Waals surface area contributed by atoms with Crippen molar-refractivity contribution in [2.75, 3.05) is 0 Å². The Kier molecular flexibility index (Phi) is 6.93. The second-order valence-electron chi connectivity index (χ2n) is 2.38. The average Bonchev–Trinajstić information content (AvgIpc) is 2.13. The predicted molar refractivity (Wildman–Crippen MR) is 42.8 cm³/mol. The quantitative estimate of drug-likeness (QED) is 0.249. The van der Waals surface area contributed by atoms with Crippen LogP contribution in [0, 0.1) is 0 Å². The highest BCUT2D eigenvalue weighted by molar-refractivity contribution is 5.77. The lowest BCUT2D eigenvalue weighted by molar-refractivity contribution is -0.154. The Labute approximate surface area is 80.2 Å². The molecule has 0 saturated carbocycles. The molecule has 0 saturated heterocycles. The van der Waals surface area contributed by atoms with Gasteiger partial charge in [0.1, 0.15) is 0 Å². The summed E-state index contributed by atoms with van der Waals surface area (Å²) in [5.74, 6) is -1.27. The van der Waals surface area contributed by atoms with Crippen LogP contribution in [0.15, 0.2) is 0 Å². The van der Waals surface area contributed by atoms with Gasteiger partial charge in [-0.05, 0) is 12.8 Å².